The van der Waals surface area contributed by atoms with E-state index in [1.807, 2.05) is 12.1 Å². The highest BCUT2D eigenvalue weighted by atomic mass is 79.9. The minimum absolute atomic E-state index is 0.646. The molecule has 0 saturated carbocycles. The van der Waals surface area contributed by atoms with E-state index in [1.54, 1.807) is 0 Å². The SMILES string of the molecule is CCC1CN(c2ccc(N)cc2Br)CCN1C. The van der Waals surface area contributed by atoms with Gasteiger partial charge in [-0.3, -0.25) is 4.90 Å². The molecule has 2 rings (SSSR count). The maximum Gasteiger partial charge on any atom is 0.0513 e. The molecule has 0 bridgehead atoms. The lowest BCUT2D eigenvalue weighted by Gasteiger charge is -2.40. The van der Waals surface area contributed by atoms with Crippen LogP contribution in [-0.2, 0) is 0 Å². The zero-order valence-corrected chi connectivity index (χ0v) is 12.1. The molecule has 2 N–H and O–H groups in total. The molecule has 94 valence electrons. The van der Waals surface area contributed by atoms with Crippen LogP contribution in [0.15, 0.2) is 22.7 Å². The first-order chi connectivity index (χ1) is 8.11. The van der Waals surface area contributed by atoms with Crippen LogP contribution >= 0.6 is 15.9 Å². The van der Waals surface area contributed by atoms with Gasteiger partial charge in [-0.1, -0.05) is 6.92 Å². The van der Waals surface area contributed by atoms with Gasteiger partial charge in [0.25, 0.3) is 0 Å². The molecule has 1 aliphatic heterocycles. The van der Waals surface area contributed by atoms with Gasteiger partial charge in [-0.25, -0.2) is 0 Å². The van der Waals surface area contributed by atoms with Crippen LogP contribution in [0.3, 0.4) is 0 Å². The minimum atomic E-state index is 0.646. The number of halogens is 1. The molecule has 1 heterocycles. The molecule has 1 aromatic carbocycles. The van der Waals surface area contributed by atoms with E-state index in [9.17, 15) is 0 Å². The maximum absolute atomic E-state index is 5.78. The van der Waals surface area contributed by atoms with Gasteiger partial charge in [-0.05, 0) is 47.6 Å². The first kappa shape index (κ1) is 12.7. The Bertz CT molecular complexity index is 394. The van der Waals surface area contributed by atoms with Gasteiger partial charge < -0.3 is 10.6 Å². The van der Waals surface area contributed by atoms with Crippen molar-refractivity contribution in [1.29, 1.82) is 0 Å². The Morgan fingerprint density at radius 2 is 2.18 bits per heavy atom. The molecule has 1 atom stereocenters. The Kier molecular flexibility index (Phi) is 3.94. The van der Waals surface area contributed by atoms with Gasteiger partial charge in [0.05, 0.1) is 5.69 Å². The van der Waals surface area contributed by atoms with E-state index < -0.39 is 0 Å². The van der Waals surface area contributed by atoms with Crippen LogP contribution in [0.5, 0.6) is 0 Å². The van der Waals surface area contributed by atoms with Crippen LogP contribution in [0.1, 0.15) is 13.3 Å². The molecular formula is C13H20BrN3. The third-order valence-corrected chi connectivity index (χ3v) is 4.20. The fourth-order valence-electron chi connectivity index (χ4n) is 2.39. The van der Waals surface area contributed by atoms with Crippen LogP contribution in [0.4, 0.5) is 11.4 Å². The summed E-state index contributed by atoms with van der Waals surface area (Å²) in [6.07, 6.45) is 1.19. The molecule has 1 aliphatic rings. The normalized spacial score (nSPS) is 21.8. The predicted molar refractivity (Wildman–Crippen MR) is 77.5 cm³/mol. The van der Waals surface area contributed by atoms with E-state index >= 15 is 0 Å². The van der Waals surface area contributed by atoms with Crippen molar-refractivity contribution in [2.24, 2.45) is 0 Å². The first-order valence-electron chi connectivity index (χ1n) is 6.12. The first-order valence-corrected chi connectivity index (χ1v) is 6.91. The number of nitrogens with zero attached hydrogens (tertiary/aromatic N) is 2. The van der Waals surface area contributed by atoms with Crippen molar-refractivity contribution in [3.63, 3.8) is 0 Å². The van der Waals surface area contributed by atoms with Crippen LogP contribution in [0.2, 0.25) is 0 Å². The highest BCUT2D eigenvalue weighted by Gasteiger charge is 2.23. The summed E-state index contributed by atoms with van der Waals surface area (Å²) in [5.74, 6) is 0. The van der Waals surface area contributed by atoms with Gasteiger partial charge in [-0.15, -0.1) is 0 Å². The number of piperazine rings is 1. The number of hydrogen-bond acceptors (Lipinski definition) is 3. The average Bonchev–Trinajstić information content (AvgIpc) is 2.30. The number of hydrogen-bond donors (Lipinski definition) is 1. The number of nitrogens with two attached hydrogens (primary N) is 1. The van der Waals surface area contributed by atoms with Gasteiger partial charge >= 0.3 is 0 Å². The summed E-state index contributed by atoms with van der Waals surface area (Å²) < 4.78 is 1.09. The number of benzene rings is 1. The molecule has 1 unspecified atom stereocenters. The summed E-state index contributed by atoms with van der Waals surface area (Å²) in [6.45, 7) is 5.54. The summed E-state index contributed by atoms with van der Waals surface area (Å²) >= 11 is 3.60. The zero-order chi connectivity index (χ0) is 12.4. The number of anilines is 2. The van der Waals surface area contributed by atoms with Gasteiger partial charge in [0, 0.05) is 35.8 Å². The van der Waals surface area contributed by atoms with E-state index in [2.05, 4.69) is 45.8 Å². The lowest BCUT2D eigenvalue weighted by Crippen LogP contribution is -2.51. The molecule has 3 nitrogen and oxygen atoms in total. The third kappa shape index (κ3) is 2.75. The predicted octanol–water partition coefficient (Wildman–Crippen LogP) is 2.56. The van der Waals surface area contributed by atoms with Crippen molar-refractivity contribution < 1.29 is 0 Å². The van der Waals surface area contributed by atoms with Crippen LogP contribution in [0.25, 0.3) is 0 Å². The largest absolute Gasteiger partial charge is 0.399 e. The van der Waals surface area contributed by atoms with Crippen LogP contribution < -0.4 is 10.6 Å². The Hall–Kier alpha value is -0.740. The van der Waals surface area contributed by atoms with E-state index in [0.717, 1.165) is 29.8 Å². The lowest BCUT2D eigenvalue weighted by atomic mass is 10.1. The second-order valence-electron chi connectivity index (χ2n) is 4.70. The van der Waals surface area contributed by atoms with E-state index in [0.29, 0.717) is 6.04 Å². The molecule has 0 aromatic heterocycles. The fraction of sp³-hybridized carbons (Fsp3) is 0.538. The fourth-order valence-corrected chi connectivity index (χ4v) is 3.03. The second-order valence-corrected chi connectivity index (χ2v) is 5.55. The smallest absolute Gasteiger partial charge is 0.0513 e. The minimum Gasteiger partial charge on any atom is -0.399 e. The third-order valence-electron chi connectivity index (χ3n) is 3.56. The quantitative estimate of drug-likeness (QED) is 0.852. The van der Waals surface area contributed by atoms with Gasteiger partial charge in [0.2, 0.25) is 0 Å². The van der Waals surface area contributed by atoms with Crippen molar-refractivity contribution in [2.45, 2.75) is 19.4 Å². The van der Waals surface area contributed by atoms with E-state index in [1.165, 1.54) is 12.1 Å². The zero-order valence-electron chi connectivity index (χ0n) is 10.5. The molecule has 4 heteroatoms. The molecule has 1 fully saturated rings. The monoisotopic (exact) mass is 297 g/mol. The average molecular weight is 298 g/mol. The Morgan fingerprint density at radius 1 is 1.41 bits per heavy atom. The summed E-state index contributed by atoms with van der Waals surface area (Å²) in [4.78, 5) is 4.89. The van der Waals surface area contributed by atoms with Crippen molar-refractivity contribution >= 4 is 27.3 Å². The number of likely N-dealkylation sites (N-methyl/N-ethyl adjacent to an activating group) is 1. The molecule has 0 radical (unpaired) electrons. The van der Waals surface area contributed by atoms with Gasteiger partial charge in [-0.2, -0.15) is 0 Å². The molecule has 0 amide bonds. The summed E-state index contributed by atoms with van der Waals surface area (Å²) in [7, 11) is 2.21. The Morgan fingerprint density at radius 3 is 2.82 bits per heavy atom. The van der Waals surface area contributed by atoms with Gasteiger partial charge in [0.1, 0.15) is 0 Å². The van der Waals surface area contributed by atoms with Crippen molar-refractivity contribution in [3.05, 3.63) is 22.7 Å². The second kappa shape index (κ2) is 5.27. The van der Waals surface area contributed by atoms with Gasteiger partial charge in [0.15, 0.2) is 0 Å². The number of nitrogen functional groups attached to an aromatic ring is 1. The molecule has 1 aromatic rings. The van der Waals surface area contributed by atoms with E-state index in [-0.39, 0.29) is 0 Å². The summed E-state index contributed by atoms with van der Waals surface area (Å²) in [6, 6.07) is 6.71. The molecule has 17 heavy (non-hydrogen) atoms. The van der Waals surface area contributed by atoms with Crippen molar-refractivity contribution in [1.82, 2.24) is 4.90 Å². The van der Waals surface area contributed by atoms with Crippen LogP contribution in [0, 0.1) is 0 Å². The Balaban J connectivity index is 2.17. The maximum atomic E-state index is 5.78. The molecule has 0 spiro atoms. The van der Waals surface area contributed by atoms with Crippen LogP contribution in [-0.4, -0.2) is 37.6 Å². The molecule has 1 saturated heterocycles. The van der Waals surface area contributed by atoms with E-state index in [4.69, 9.17) is 5.73 Å². The lowest BCUT2D eigenvalue weighted by molar-refractivity contribution is 0.213. The highest BCUT2D eigenvalue weighted by Crippen LogP contribution is 2.30. The number of rotatable bonds is 2. The highest BCUT2D eigenvalue weighted by molar-refractivity contribution is 9.10. The van der Waals surface area contributed by atoms with Crippen molar-refractivity contribution in [2.75, 3.05) is 37.3 Å². The topological polar surface area (TPSA) is 32.5 Å². The summed E-state index contributed by atoms with van der Waals surface area (Å²) in [5, 5.41) is 0. The Labute approximate surface area is 112 Å². The molecule has 0 aliphatic carbocycles. The van der Waals surface area contributed by atoms with Crippen molar-refractivity contribution in [3.8, 4) is 0 Å². The molecular weight excluding hydrogens is 278 g/mol. The summed E-state index contributed by atoms with van der Waals surface area (Å²) in [5.41, 5.74) is 7.84. The standard InChI is InChI=1S/C13H20BrN3/c1-3-11-9-17(7-6-16(11)2)13-5-4-10(15)8-12(13)14/h4-5,8,11H,3,6-7,9,15H2,1-2H3.